The van der Waals surface area contributed by atoms with Crippen molar-refractivity contribution in [2.45, 2.75) is 38.3 Å². The lowest BCUT2D eigenvalue weighted by Gasteiger charge is -2.33. The summed E-state index contributed by atoms with van der Waals surface area (Å²) in [5.41, 5.74) is 2.85. The first-order chi connectivity index (χ1) is 12.5. The average Bonchev–Trinajstić information content (AvgIpc) is 2.96. The molecule has 26 heavy (non-hydrogen) atoms. The molecule has 134 valence electrons. The Kier molecular flexibility index (Phi) is 4.16. The van der Waals surface area contributed by atoms with Gasteiger partial charge in [-0.1, -0.05) is 6.07 Å². The van der Waals surface area contributed by atoms with Crippen LogP contribution in [0.3, 0.4) is 0 Å². The summed E-state index contributed by atoms with van der Waals surface area (Å²) in [4.78, 5) is 25.3. The maximum atomic E-state index is 12.2. The third-order valence-corrected chi connectivity index (χ3v) is 4.59. The summed E-state index contributed by atoms with van der Waals surface area (Å²) < 4.78 is 5.80. The zero-order valence-electron chi connectivity index (χ0n) is 14.8. The van der Waals surface area contributed by atoms with Crippen LogP contribution in [0.15, 0.2) is 41.3 Å². The van der Waals surface area contributed by atoms with E-state index in [1.807, 2.05) is 18.2 Å². The minimum absolute atomic E-state index is 0.0566. The van der Waals surface area contributed by atoms with E-state index in [0.717, 1.165) is 29.4 Å². The molecule has 0 spiro atoms. The molecule has 1 aromatic heterocycles. The van der Waals surface area contributed by atoms with Crippen LogP contribution in [-0.2, 0) is 9.53 Å². The van der Waals surface area contributed by atoms with Gasteiger partial charge in [-0.3, -0.25) is 20.1 Å². The lowest BCUT2D eigenvalue weighted by atomic mass is 9.96. The molecule has 1 unspecified atom stereocenters. The van der Waals surface area contributed by atoms with E-state index >= 15 is 0 Å². The Balaban J connectivity index is 1.50. The van der Waals surface area contributed by atoms with E-state index in [0.29, 0.717) is 18.3 Å². The number of nitrogens with zero attached hydrogens (tertiary/aromatic N) is 3. The number of nitrogens with one attached hydrogen (secondary N) is 2. The van der Waals surface area contributed by atoms with E-state index in [1.165, 1.54) is 0 Å². The fourth-order valence-corrected chi connectivity index (χ4v) is 3.07. The van der Waals surface area contributed by atoms with E-state index in [2.05, 4.69) is 39.4 Å². The van der Waals surface area contributed by atoms with Gasteiger partial charge < -0.3 is 10.1 Å². The molecule has 0 saturated carbocycles. The predicted molar refractivity (Wildman–Crippen MR) is 99.3 cm³/mol. The summed E-state index contributed by atoms with van der Waals surface area (Å²) in [6.45, 7) is 4.73. The van der Waals surface area contributed by atoms with Crippen LogP contribution >= 0.6 is 0 Å². The minimum atomic E-state index is -0.194. The fourth-order valence-electron chi connectivity index (χ4n) is 3.07. The van der Waals surface area contributed by atoms with Gasteiger partial charge in [0.05, 0.1) is 29.3 Å². The molecule has 7 nitrogen and oxygen atoms in total. The molecule has 1 aromatic carbocycles. The van der Waals surface area contributed by atoms with Crippen LogP contribution in [-0.4, -0.2) is 40.1 Å². The molecule has 2 aliphatic rings. The molecule has 0 aliphatic carbocycles. The van der Waals surface area contributed by atoms with Gasteiger partial charge in [0.25, 0.3) is 5.91 Å². The lowest BCUT2D eigenvalue weighted by Crippen LogP contribution is -2.37. The number of fused-ring (bicyclic) bond motifs is 1. The molecule has 0 radical (unpaired) electrons. The summed E-state index contributed by atoms with van der Waals surface area (Å²) in [7, 11) is 0. The first-order valence-electron chi connectivity index (χ1n) is 8.71. The second-order valence-electron chi connectivity index (χ2n) is 7.18. The van der Waals surface area contributed by atoms with Crippen LogP contribution < -0.4 is 10.6 Å². The predicted octanol–water partition coefficient (Wildman–Crippen LogP) is 2.00. The number of guanidine groups is 1. The number of ether oxygens (including phenoxy) is 1. The van der Waals surface area contributed by atoms with E-state index in [-0.39, 0.29) is 17.6 Å². The molecule has 3 heterocycles. The van der Waals surface area contributed by atoms with Gasteiger partial charge in [-0.15, -0.1) is 0 Å². The molecule has 2 saturated heterocycles. The summed E-state index contributed by atoms with van der Waals surface area (Å²) in [6.07, 6.45) is 6.98. The van der Waals surface area contributed by atoms with Gasteiger partial charge in [-0.25, -0.2) is 4.99 Å². The highest BCUT2D eigenvalue weighted by Gasteiger charge is 2.29. The van der Waals surface area contributed by atoms with E-state index in [9.17, 15) is 4.79 Å². The van der Waals surface area contributed by atoms with Crippen molar-refractivity contribution >= 4 is 29.0 Å². The number of aromatic nitrogens is 2. The largest absolute Gasteiger partial charge is 0.373 e. The van der Waals surface area contributed by atoms with Crippen molar-refractivity contribution in [2.75, 3.05) is 6.61 Å². The molecular weight excluding hydrogens is 330 g/mol. The van der Waals surface area contributed by atoms with Crippen LogP contribution in [0.25, 0.3) is 17.1 Å². The minimum Gasteiger partial charge on any atom is -0.373 e. The van der Waals surface area contributed by atoms with Crippen molar-refractivity contribution in [3.05, 3.63) is 41.9 Å². The Bertz CT molecular complexity index is 909. The average molecular weight is 351 g/mol. The number of benzene rings is 1. The van der Waals surface area contributed by atoms with E-state index in [1.54, 1.807) is 18.5 Å². The molecule has 7 heteroatoms. The number of hydrogen-bond acceptors (Lipinski definition) is 5. The summed E-state index contributed by atoms with van der Waals surface area (Å²) in [5, 5.41) is 5.84. The third kappa shape index (κ3) is 3.57. The highest BCUT2D eigenvalue weighted by molar-refractivity contribution is 6.15. The summed E-state index contributed by atoms with van der Waals surface area (Å²) >= 11 is 0. The van der Waals surface area contributed by atoms with Crippen LogP contribution in [0.1, 0.15) is 32.3 Å². The van der Waals surface area contributed by atoms with Crippen LogP contribution in [0.5, 0.6) is 0 Å². The normalized spacial score (nSPS) is 25.5. The van der Waals surface area contributed by atoms with Crippen molar-refractivity contribution in [1.29, 1.82) is 0 Å². The monoisotopic (exact) mass is 351 g/mol. The summed E-state index contributed by atoms with van der Waals surface area (Å²) in [6, 6.07) is 5.75. The van der Waals surface area contributed by atoms with Gasteiger partial charge in [-0.05, 0) is 50.5 Å². The van der Waals surface area contributed by atoms with Gasteiger partial charge in [0.15, 0.2) is 0 Å². The van der Waals surface area contributed by atoms with E-state index < -0.39 is 0 Å². The maximum absolute atomic E-state index is 12.2. The molecule has 2 aromatic rings. The molecule has 1 atom stereocenters. The van der Waals surface area contributed by atoms with E-state index in [4.69, 9.17) is 4.74 Å². The molecule has 2 fully saturated rings. The molecule has 0 bridgehead atoms. The van der Waals surface area contributed by atoms with Crippen molar-refractivity contribution in [2.24, 2.45) is 4.99 Å². The number of aliphatic imine (C=N–C) groups is 1. The summed E-state index contributed by atoms with van der Waals surface area (Å²) in [5.74, 6) is 0.287. The van der Waals surface area contributed by atoms with Gasteiger partial charge in [0.1, 0.15) is 5.70 Å². The van der Waals surface area contributed by atoms with Crippen molar-refractivity contribution in [3.8, 4) is 0 Å². The van der Waals surface area contributed by atoms with Crippen LogP contribution in [0, 0.1) is 0 Å². The Hall–Kier alpha value is -2.80. The van der Waals surface area contributed by atoms with Gasteiger partial charge in [0.2, 0.25) is 5.96 Å². The van der Waals surface area contributed by atoms with Crippen LogP contribution in [0.4, 0.5) is 0 Å². The smallest absolute Gasteiger partial charge is 0.274 e. The Morgan fingerprint density at radius 3 is 2.81 bits per heavy atom. The topological polar surface area (TPSA) is 88.5 Å². The lowest BCUT2D eigenvalue weighted by molar-refractivity contribution is -0.115. The maximum Gasteiger partial charge on any atom is 0.274 e. The Morgan fingerprint density at radius 1 is 1.23 bits per heavy atom. The standard InChI is InChI=1S/C19H21N5O2/c1-19(2)6-5-13(11-26-19)22-18-23-16(17(25)24-18)10-12-3-4-14-15(9-12)21-8-7-20-14/h3-4,7-10,13H,5-6,11H2,1-2H3,(H2,22,23,24,25)/b16-10-. The second-order valence-corrected chi connectivity index (χ2v) is 7.18. The zero-order valence-corrected chi connectivity index (χ0v) is 14.8. The van der Waals surface area contributed by atoms with Gasteiger partial charge >= 0.3 is 0 Å². The van der Waals surface area contributed by atoms with Crippen LogP contribution in [0.2, 0.25) is 0 Å². The molecule has 1 amide bonds. The van der Waals surface area contributed by atoms with Gasteiger partial charge in [-0.2, -0.15) is 0 Å². The van der Waals surface area contributed by atoms with Crippen molar-refractivity contribution < 1.29 is 9.53 Å². The highest BCUT2D eigenvalue weighted by Crippen LogP contribution is 2.25. The third-order valence-electron chi connectivity index (χ3n) is 4.59. The fraction of sp³-hybridized carbons (Fsp3) is 0.368. The number of carbonyl (C=O) groups is 1. The second kappa shape index (κ2) is 6.49. The van der Waals surface area contributed by atoms with Gasteiger partial charge in [0, 0.05) is 12.4 Å². The Labute approximate surface area is 151 Å². The number of hydrogen-bond donors (Lipinski definition) is 2. The first kappa shape index (κ1) is 16.7. The number of rotatable bonds is 2. The Morgan fingerprint density at radius 2 is 2.04 bits per heavy atom. The SMILES string of the molecule is CC1(C)CCC(N=C2NC(=O)/C(=C/c3ccc4nccnc4c3)N2)CO1. The molecule has 4 rings (SSSR count). The van der Waals surface area contributed by atoms with Crippen molar-refractivity contribution in [3.63, 3.8) is 0 Å². The number of carbonyl (C=O) groups excluding carboxylic acids is 1. The zero-order chi connectivity index (χ0) is 18.1. The highest BCUT2D eigenvalue weighted by atomic mass is 16.5. The molecule has 2 N–H and O–H groups in total. The first-order valence-corrected chi connectivity index (χ1v) is 8.71. The molecular formula is C19H21N5O2. The number of amides is 1. The molecule has 2 aliphatic heterocycles. The quantitative estimate of drug-likeness (QED) is 0.808. The van der Waals surface area contributed by atoms with Crippen molar-refractivity contribution in [1.82, 2.24) is 20.6 Å².